The number of fused-ring (bicyclic) bond motifs is 1. The maximum Gasteiger partial charge on any atom is 0.161 e. The molecule has 3 heteroatoms. The molecule has 0 aliphatic rings. The fourth-order valence-corrected chi connectivity index (χ4v) is 2.04. The second kappa shape index (κ2) is 7.26. The predicted octanol–water partition coefficient (Wildman–Crippen LogP) is 4.35. The molecule has 0 fully saturated rings. The molecule has 109 valence electrons. The SMILES string of the molecule is CC(=O)c1ccc(-c2[c-]cc3ccccc3c2)nc1.[CH3-].[Ir]. The van der Waals surface area contributed by atoms with Crippen LogP contribution >= 0.6 is 0 Å². The summed E-state index contributed by atoms with van der Waals surface area (Å²) in [5, 5.41) is 2.32. The molecule has 3 rings (SSSR count). The number of carbonyl (C=O) groups is 1. The molecule has 2 aromatic carbocycles. The van der Waals surface area contributed by atoms with Crippen LogP contribution in [0.25, 0.3) is 22.0 Å². The zero-order chi connectivity index (χ0) is 13.2. The van der Waals surface area contributed by atoms with E-state index in [1.807, 2.05) is 24.3 Å². The molecular formula is C18H15IrNO-2. The molecule has 1 heterocycles. The molecule has 0 atom stereocenters. The van der Waals surface area contributed by atoms with Crippen LogP contribution in [0.4, 0.5) is 0 Å². The van der Waals surface area contributed by atoms with Gasteiger partial charge in [0.2, 0.25) is 0 Å². The third kappa shape index (κ3) is 3.63. The van der Waals surface area contributed by atoms with Gasteiger partial charge in [0.05, 0.1) is 0 Å². The molecule has 1 radical (unpaired) electrons. The Balaban J connectivity index is 0.00000110. The van der Waals surface area contributed by atoms with Crippen molar-refractivity contribution in [2.24, 2.45) is 0 Å². The quantitative estimate of drug-likeness (QED) is 0.427. The molecule has 21 heavy (non-hydrogen) atoms. The normalized spacial score (nSPS) is 9.57. The minimum absolute atomic E-state index is 0. The van der Waals surface area contributed by atoms with E-state index < -0.39 is 0 Å². The summed E-state index contributed by atoms with van der Waals surface area (Å²) in [5.41, 5.74) is 2.40. The average molecular weight is 454 g/mol. The number of Topliss-reactive ketones (excluding diaryl/α,β-unsaturated/α-hetero) is 1. The van der Waals surface area contributed by atoms with Crippen molar-refractivity contribution in [3.8, 4) is 11.3 Å². The van der Waals surface area contributed by atoms with Gasteiger partial charge in [0.25, 0.3) is 0 Å². The van der Waals surface area contributed by atoms with Crippen molar-refractivity contribution < 1.29 is 24.9 Å². The Labute approximate surface area is 138 Å². The number of ketones is 1. The first kappa shape index (κ1) is 17.2. The smallest absolute Gasteiger partial charge is 0.161 e. The van der Waals surface area contributed by atoms with Crippen LogP contribution < -0.4 is 0 Å². The van der Waals surface area contributed by atoms with Crippen LogP contribution in [0.5, 0.6) is 0 Å². The van der Waals surface area contributed by atoms with Gasteiger partial charge in [-0.1, -0.05) is 41.8 Å². The number of aromatic nitrogens is 1. The third-order valence-corrected chi connectivity index (χ3v) is 3.12. The Morgan fingerprint density at radius 1 is 1.10 bits per heavy atom. The van der Waals surface area contributed by atoms with E-state index in [2.05, 4.69) is 29.2 Å². The fraction of sp³-hybridized carbons (Fsp3) is 0.0556. The van der Waals surface area contributed by atoms with Gasteiger partial charge in [-0.05, 0) is 12.6 Å². The van der Waals surface area contributed by atoms with Crippen molar-refractivity contribution in [2.75, 3.05) is 0 Å². The van der Waals surface area contributed by atoms with Gasteiger partial charge in [0, 0.05) is 31.9 Å². The Kier molecular flexibility index (Phi) is 5.95. The fourth-order valence-electron chi connectivity index (χ4n) is 2.04. The molecule has 0 saturated carbocycles. The van der Waals surface area contributed by atoms with Gasteiger partial charge in [-0.3, -0.25) is 4.79 Å². The second-order valence-corrected chi connectivity index (χ2v) is 4.46. The van der Waals surface area contributed by atoms with Crippen molar-refractivity contribution >= 4 is 16.6 Å². The van der Waals surface area contributed by atoms with E-state index in [9.17, 15) is 4.79 Å². The van der Waals surface area contributed by atoms with Gasteiger partial charge in [0.1, 0.15) is 0 Å². The number of hydrogen-bond donors (Lipinski definition) is 0. The topological polar surface area (TPSA) is 30.0 Å². The number of pyridine rings is 1. The Hall–Kier alpha value is -1.83. The zero-order valence-electron chi connectivity index (χ0n) is 11.9. The summed E-state index contributed by atoms with van der Waals surface area (Å²) in [6.45, 7) is 1.54. The number of nitrogens with zero attached hydrogens (tertiary/aromatic N) is 1. The van der Waals surface area contributed by atoms with Crippen LogP contribution in [0.2, 0.25) is 0 Å². The molecule has 0 aliphatic heterocycles. The largest absolute Gasteiger partial charge is 0.358 e. The number of rotatable bonds is 2. The summed E-state index contributed by atoms with van der Waals surface area (Å²) in [5.74, 6) is 0.0292. The van der Waals surface area contributed by atoms with Crippen molar-refractivity contribution in [2.45, 2.75) is 6.92 Å². The monoisotopic (exact) mass is 454 g/mol. The van der Waals surface area contributed by atoms with E-state index >= 15 is 0 Å². The minimum Gasteiger partial charge on any atom is -0.358 e. The van der Waals surface area contributed by atoms with Crippen molar-refractivity contribution in [3.05, 3.63) is 73.8 Å². The van der Waals surface area contributed by atoms with Crippen molar-refractivity contribution in [3.63, 3.8) is 0 Å². The summed E-state index contributed by atoms with van der Waals surface area (Å²) in [6, 6.07) is 19.1. The van der Waals surface area contributed by atoms with E-state index in [1.165, 1.54) is 0 Å². The van der Waals surface area contributed by atoms with E-state index in [0.717, 1.165) is 22.0 Å². The van der Waals surface area contributed by atoms with Crippen LogP contribution in [0, 0.1) is 13.5 Å². The van der Waals surface area contributed by atoms with Crippen LogP contribution in [0.15, 0.2) is 54.7 Å². The molecule has 0 N–H and O–H groups in total. The summed E-state index contributed by atoms with van der Waals surface area (Å²) in [6.07, 6.45) is 1.61. The number of carbonyl (C=O) groups excluding carboxylic acids is 1. The molecule has 0 aliphatic carbocycles. The molecule has 1 aromatic heterocycles. The van der Waals surface area contributed by atoms with E-state index in [4.69, 9.17) is 0 Å². The molecule has 0 amide bonds. The second-order valence-electron chi connectivity index (χ2n) is 4.46. The summed E-state index contributed by atoms with van der Waals surface area (Å²) >= 11 is 0. The van der Waals surface area contributed by atoms with Gasteiger partial charge < -0.3 is 12.4 Å². The van der Waals surface area contributed by atoms with Crippen LogP contribution in [-0.4, -0.2) is 10.8 Å². The van der Waals surface area contributed by atoms with Gasteiger partial charge in [-0.15, -0.1) is 29.1 Å². The zero-order valence-corrected chi connectivity index (χ0v) is 14.3. The van der Waals surface area contributed by atoms with Crippen LogP contribution in [0.3, 0.4) is 0 Å². The summed E-state index contributed by atoms with van der Waals surface area (Å²) in [4.78, 5) is 15.5. The van der Waals surface area contributed by atoms with Crippen LogP contribution in [-0.2, 0) is 20.1 Å². The molecule has 0 saturated heterocycles. The maximum atomic E-state index is 11.2. The van der Waals surface area contributed by atoms with Gasteiger partial charge >= 0.3 is 0 Å². The van der Waals surface area contributed by atoms with Crippen molar-refractivity contribution in [1.82, 2.24) is 4.98 Å². The third-order valence-electron chi connectivity index (χ3n) is 3.12. The molecular weight excluding hydrogens is 438 g/mol. The maximum absolute atomic E-state index is 11.2. The summed E-state index contributed by atoms with van der Waals surface area (Å²) in [7, 11) is 0. The first-order valence-electron chi connectivity index (χ1n) is 6.12. The first-order valence-corrected chi connectivity index (χ1v) is 6.12. The summed E-state index contributed by atoms with van der Waals surface area (Å²) < 4.78 is 0. The molecule has 0 unspecified atom stereocenters. The Bertz CT molecular complexity index is 751. The predicted molar refractivity (Wildman–Crippen MR) is 82.4 cm³/mol. The molecule has 2 nitrogen and oxygen atoms in total. The standard InChI is InChI=1S/C17H12NO.CH3.Ir/c1-12(19)16-8-9-17(18-11-16)15-7-6-13-4-2-3-5-14(13)10-15;;/h2-6,8-11H,1H3;1H3;/q2*-1;. The Morgan fingerprint density at radius 3 is 2.43 bits per heavy atom. The van der Waals surface area contributed by atoms with E-state index in [0.29, 0.717) is 5.56 Å². The molecule has 3 aromatic rings. The minimum atomic E-state index is 0. The van der Waals surface area contributed by atoms with Crippen LogP contribution in [0.1, 0.15) is 17.3 Å². The molecule has 0 bridgehead atoms. The average Bonchev–Trinajstić information content (AvgIpc) is 2.47. The number of benzene rings is 2. The van der Waals surface area contributed by atoms with E-state index in [1.54, 1.807) is 19.2 Å². The number of hydrogen-bond acceptors (Lipinski definition) is 2. The van der Waals surface area contributed by atoms with E-state index in [-0.39, 0.29) is 33.3 Å². The van der Waals surface area contributed by atoms with Crippen molar-refractivity contribution in [1.29, 1.82) is 0 Å². The molecule has 0 spiro atoms. The van der Waals surface area contributed by atoms with Gasteiger partial charge in [-0.2, -0.15) is 0 Å². The van der Waals surface area contributed by atoms with Gasteiger partial charge in [0.15, 0.2) is 5.78 Å². The first-order chi connectivity index (χ1) is 9.24. The Morgan fingerprint density at radius 2 is 1.81 bits per heavy atom. The van der Waals surface area contributed by atoms with Gasteiger partial charge in [-0.25, -0.2) is 0 Å².